The van der Waals surface area contributed by atoms with Crippen molar-refractivity contribution in [1.82, 2.24) is 9.78 Å². The second-order valence-electron chi connectivity index (χ2n) is 5.33. The number of aromatic nitrogens is 2. The van der Waals surface area contributed by atoms with Crippen LogP contribution in [0.5, 0.6) is 5.75 Å². The van der Waals surface area contributed by atoms with E-state index in [1.54, 1.807) is 42.2 Å². The summed E-state index contributed by atoms with van der Waals surface area (Å²) in [6.07, 6.45) is 2.66. The highest BCUT2D eigenvalue weighted by Gasteiger charge is 2.17. The molecule has 1 aromatic heterocycles. The summed E-state index contributed by atoms with van der Waals surface area (Å²) < 4.78 is 8.06. The summed E-state index contributed by atoms with van der Waals surface area (Å²) in [5.41, 5.74) is 1.51. The van der Waals surface area contributed by atoms with Gasteiger partial charge in [0.15, 0.2) is 6.10 Å². The molecule has 0 aliphatic heterocycles. The van der Waals surface area contributed by atoms with Crippen LogP contribution in [0.4, 0.5) is 5.69 Å². The summed E-state index contributed by atoms with van der Waals surface area (Å²) in [5.74, 6) is 0.279. The molecule has 1 atom stereocenters. The van der Waals surface area contributed by atoms with Crippen molar-refractivity contribution < 1.29 is 9.53 Å². The van der Waals surface area contributed by atoms with Crippen LogP contribution < -0.4 is 10.1 Å². The Kier molecular flexibility index (Phi) is 5.40. The van der Waals surface area contributed by atoms with Crippen LogP contribution >= 0.6 is 27.5 Å². The van der Waals surface area contributed by atoms with Crippen molar-refractivity contribution in [3.05, 3.63) is 70.4 Å². The molecular formula is C18H15BrClN3O2. The molecule has 3 rings (SSSR count). The summed E-state index contributed by atoms with van der Waals surface area (Å²) in [6.45, 7) is 1.68. The first-order chi connectivity index (χ1) is 12.0. The fraction of sp³-hybridized carbons (Fsp3) is 0.111. The number of nitrogens with zero attached hydrogens (tertiary/aromatic N) is 2. The van der Waals surface area contributed by atoms with Gasteiger partial charge in [-0.2, -0.15) is 5.10 Å². The Morgan fingerprint density at radius 3 is 2.76 bits per heavy atom. The highest BCUT2D eigenvalue weighted by molar-refractivity contribution is 9.10. The molecule has 1 unspecified atom stereocenters. The maximum Gasteiger partial charge on any atom is 0.265 e. The zero-order valence-electron chi connectivity index (χ0n) is 13.3. The summed E-state index contributed by atoms with van der Waals surface area (Å²) in [4.78, 5) is 12.3. The van der Waals surface area contributed by atoms with Crippen LogP contribution in [0.25, 0.3) is 5.69 Å². The Bertz CT molecular complexity index is 883. The number of hydrogen-bond acceptors (Lipinski definition) is 3. The van der Waals surface area contributed by atoms with Crippen molar-refractivity contribution in [2.24, 2.45) is 0 Å². The molecule has 1 N–H and O–H groups in total. The van der Waals surface area contributed by atoms with Crippen LogP contribution in [-0.2, 0) is 4.79 Å². The van der Waals surface area contributed by atoms with E-state index < -0.39 is 6.10 Å². The smallest absolute Gasteiger partial charge is 0.265 e. The first kappa shape index (κ1) is 17.5. The second-order valence-corrected chi connectivity index (χ2v) is 6.62. The predicted octanol–water partition coefficient (Wildman–Crippen LogP) is 4.69. The van der Waals surface area contributed by atoms with E-state index in [9.17, 15) is 4.79 Å². The molecule has 0 spiro atoms. The van der Waals surface area contributed by atoms with Crippen LogP contribution in [0.15, 0.2) is 65.4 Å². The molecule has 0 saturated carbocycles. The van der Waals surface area contributed by atoms with Gasteiger partial charge < -0.3 is 10.1 Å². The van der Waals surface area contributed by atoms with Gasteiger partial charge in [0, 0.05) is 5.02 Å². The van der Waals surface area contributed by atoms with Gasteiger partial charge in [-0.05, 0) is 53.2 Å². The van der Waals surface area contributed by atoms with Crippen molar-refractivity contribution in [1.29, 1.82) is 0 Å². The fourth-order valence-electron chi connectivity index (χ4n) is 2.17. The van der Waals surface area contributed by atoms with Gasteiger partial charge in [-0.15, -0.1) is 0 Å². The Labute approximate surface area is 158 Å². The van der Waals surface area contributed by atoms with Crippen LogP contribution in [-0.4, -0.2) is 21.8 Å². The number of amides is 1. The summed E-state index contributed by atoms with van der Waals surface area (Å²) in [7, 11) is 0. The molecule has 0 saturated heterocycles. The quantitative estimate of drug-likeness (QED) is 0.651. The Balaban J connectivity index is 1.65. The molecule has 0 radical (unpaired) electrons. The number of nitrogens with one attached hydrogen (secondary N) is 1. The van der Waals surface area contributed by atoms with E-state index in [0.29, 0.717) is 20.9 Å². The fourth-order valence-corrected chi connectivity index (χ4v) is 2.94. The molecule has 1 heterocycles. The lowest BCUT2D eigenvalue weighted by atomic mass is 10.3. The largest absolute Gasteiger partial charge is 0.480 e. The topological polar surface area (TPSA) is 56.1 Å². The van der Waals surface area contributed by atoms with Gasteiger partial charge in [0.05, 0.1) is 28.2 Å². The number of carbonyl (C=O) groups excluding carboxylic acids is 1. The summed E-state index contributed by atoms with van der Waals surface area (Å²) in [6, 6.07) is 14.8. The van der Waals surface area contributed by atoms with Gasteiger partial charge >= 0.3 is 0 Å². The predicted molar refractivity (Wildman–Crippen MR) is 101 cm³/mol. The normalized spacial score (nSPS) is 11.8. The van der Waals surface area contributed by atoms with Gasteiger partial charge in [-0.25, -0.2) is 4.68 Å². The highest BCUT2D eigenvalue weighted by atomic mass is 79.9. The van der Waals surface area contributed by atoms with Gasteiger partial charge in [-0.1, -0.05) is 29.8 Å². The monoisotopic (exact) mass is 419 g/mol. The lowest BCUT2D eigenvalue weighted by Crippen LogP contribution is -2.30. The van der Waals surface area contributed by atoms with Gasteiger partial charge in [0.1, 0.15) is 5.75 Å². The van der Waals surface area contributed by atoms with Crippen LogP contribution in [0.2, 0.25) is 5.02 Å². The van der Waals surface area contributed by atoms with E-state index in [4.69, 9.17) is 16.3 Å². The summed E-state index contributed by atoms with van der Waals surface area (Å²) >= 11 is 9.27. The number of rotatable bonds is 5. The van der Waals surface area contributed by atoms with Gasteiger partial charge in [-0.3, -0.25) is 4.79 Å². The standard InChI is InChI=1S/C18H15BrClN3O2/c1-12(25-17-8-7-13(20)9-16(17)19)18(24)22-14-10-21-23(11-14)15-5-3-2-4-6-15/h2-12H,1H3,(H,22,24). The number of anilines is 1. The van der Waals surface area contributed by atoms with Crippen molar-refractivity contribution >= 4 is 39.1 Å². The zero-order valence-corrected chi connectivity index (χ0v) is 15.7. The maximum absolute atomic E-state index is 12.3. The third-order valence-electron chi connectivity index (χ3n) is 3.44. The van der Waals surface area contributed by atoms with Crippen molar-refractivity contribution in [2.45, 2.75) is 13.0 Å². The molecule has 0 bridgehead atoms. The highest BCUT2D eigenvalue weighted by Crippen LogP contribution is 2.28. The van der Waals surface area contributed by atoms with Gasteiger partial charge in [0.25, 0.3) is 5.91 Å². The zero-order chi connectivity index (χ0) is 17.8. The molecule has 5 nitrogen and oxygen atoms in total. The third kappa shape index (κ3) is 4.41. The molecule has 2 aromatic carbocycles. The van der Waals surface area contributed by atoms with E-state index >= 15 is 0 Å². The molecule has 0 aliphatic rings. The van der Waals surface area contributed by atoms with Crippen molar-refractivity contribution in [3.63, 3.8) is 0 Å². The molecule has 3 aromatic rings. The molecule has 0 fully saturated rings. The van der Waals surface area contributed by atoms with Crippen LogP contribution in [0.3, 0.4) is 0 Å². The Morgan fingerprint density at radius 1 is 1.28 bits per heavy atom. The lowest BCUT2D eigenvalue weighted by molar-refractivity contribution is -0.122. The first-order valence-electron chi connectivity index (χ1n) is 7.55. The SMILES string of the molecule is CC(Oc1ccc(Cl)cc1Br)C(=O)Nc1cnn(-c2ccccc2)c1. The Morgan fingerprint density at radius 2 is 2.04 bits per heavy atom. The molecule has 0 aliphatic carbocycles. The molecule has 25 heavy (non-hydrogen) atoms. The second kappa shape index (κ2) is 7.72. The third-order valence-corrected chi connectivity index (χ3v) is 4.29. The average Bonchev–Trinajstić information content (AvgIpc) is 3.06. The number of para-hydroxylation sites is 1. The molecule has 1 amide bonds. The first-order valence-corrected chi connectivity index (χ1v) is 8.72. The minimum atomic E-state index is -0.683. The minimum Gasteiger partial charge on any atom is -0.480 e. The number of halogens is 2. The van der Waals surface area contributed by atoms with Crippen molar-refractivity contribution in [3.8, 4) is 11.4 Å². The van der Waals surface area contributed by atoms with Crippen LogP contribution in [0, 0.1) is 0 Å². The van der Waals surface area contributed by atoms with Crippen molar-refractivity contribution in [2.75, 3.05) is 5.32 Å². The van der Waals surface area contributed by atoms with E-state index in [2.05, 4.69) is 26.3 Å². The van der Waals surface area contributed by atoms with Crippen LogP contribution in [0.1, 0.15) is 6.92 Å². The minimum absolute atomic E-state index is 0.269. The maximum atomic E-state index is 12.3. The molecular weight excluding hydrogens is 406 g/mol. The number of ether oxygens (including phenoxy) is 1. The average molecular weight is 421 g/mol. The number of carbonyl (C=O) groups is 1. The molecule has 7 heteroatoms. The van der Waals surface area contributed by atoms with E-state index in [-0.39, 0.29) is 5.91 Å². The lowest BCUT2D eigenvalue weighted by Gasteiger charge is -2.15. The van der Waals surface area contributed by atoms with E-state index in [0.717, 1.165) is 5.69 Å². The number of hydrogen-bond donors (Lipinski definition) is 1. The Hall–Kier alpha value is -2.31. The van der Waals surface area contributed by atoms with E-state index in [1.807, 2.05) is 30.3 Å². The summed E-state index contributed by atoms with van der Waals surface area (Å²) in [5, 5.41) is 7.63. The number of benzene rings is 2. The molecule has 128 valence electrons. The van der Waals surface area contributed by atoms with E-state index in [1.165, 1.54) is 0 Å². The van der Waals surface area contributed by atoms with Gasteiger partial charge in [0.2, 0.25) is 0 Å².